The van der Waals surface area contributed by atoms with Gasteiger partial charge in [-0.1, -0.05) is 50.1 Å². The molecule has 3 nitrogen and oxygen atoms in total. The molecule has 1 aliphatic rings. The minimum absolute atomic E-state index is 0.509. The van der Waals surface area contributed by atoms with Crippen molar-refractivity contribution in [3.05, 3.63) is 11.2 Å². The molecular formula is C14H22ClN3S. The van der Waals surface area contributed by atoms with Crippen LogP contribution in [0.4, 0.5) is 5.82 Å². The van der Waals surface area contributed by atoms with Crippen LogP contribution in [0.15, 0.2) is 11.2 Å². The van der Waals surface area contributed by atoms with Gasteiger partial charge in [-0.25, -0.2) is 9.97 Å². The number of nitrogens with one attached hydrogen (secondary N) is 1. The molecule has 0 spiro atoms. The van der Waals surface area contributed by atoms with Gasteiger partial charge in [0.1, 0.15) is 11.0 Å². The first-order valence-electron chi connectivity index (χ1n) is 6.95. The summed E-state index contributed by atoms with van der Waals surface area (Å²) < 4.78 is 0. The molecule has 0 amide bonds. The summed E-state index contributed by atoms with van der Waals surface area (Å²) in [5, 5.41) is 4.82. The Morgan fingerprint density at radius 1 is 1.32 bits per heavy atom. The fraction of sp³-hybridized carbons (Fsp3) is 0.714. The van der Waals surface area contributed by atoms with Crippen LogP contribution in [0, 0.1) is 11.8 Å². The van der Waals surface area contributed by atoms with Gasteiger partial charge < -0.3 is 5.32 Å². The highest BCUT2D eigenvalue weighted by atomic mass is 35.5. The van der Waals surface area contributed by atoms with E-state index < -0.39 is 0 Å². The molecule has 0 aliphatic heterocycles. The number of rotatable bonds is 4. The van der Waals surface area contributed by atoms with Gasteiger partial charge in [-0.3, -0.25) is 0 Å². The van der Waals surface area contributed by atoms with E-state index in [1.807, 2.05) is 12.3 Å². The lowest BCUT2D eigenvalue weighted by molar-refractivity contribution is 0.253. The van der Waals surface area contributed by atoms with Crippen molar-refractivity contribution >= 4 is 29.2 Å². The zero-order valence-corrected chi connectivity index (χ0v) is 13.4. The first kappa shape index (κ1) is 14.9. The van der Waals surface area contributed by atoms with Crippen LogP contribution in [0.2, 0.25) is 5.15 Å². The van der Waals surface area contributed by atoms with Crippen molar-refractivity contribution in [2.75, 3.05) is 11.6 Å². The van der Waals surface area contributed by atoms with Crippen molar-refractivity contribution < 1.29 is 0 Å². The monoisotopic (exact) mass is 299 g/mol. The summed E-state index contributed by atoms with van der Waals surface area (Å²) in [6.45, 7) is 4.62. The van der Waals surface area contributed by atoms with Crippen molar-refractivity contribution in [3.63, 3.8) is 0 Å². The van der Waals surface area contributed by atoms with Crippen LogP contribution in [0.3, 0.4) is 0 Å². The highest BCUT2D eigenvalue weighted by Crippen LogP contribution is 2.32. The molecule has 1 saturated carbocycles. The third-order valence-corrected chi connectivity index (χ3v) is 4.61. The van der Waals surface area contributed by atoms with E-state index in [2.05, 4.69) is 29.1 Å². The average Bonchev–Trinajstić information content (AvgIpc) is 2.38. The van der Waals surface area contributed by atoms with Crippen molar-refractivity contribution in [2.24, 2.45) is 11.8 Å². The first-order chi connectivity index (χ1) is 9.10. The van der Waals surface area contributed by atoms with Gasteiger partial charge in [-0.05, 0) is 30.9 Å². The molecule has 0 saturated heterocycles. The molecule has 2 unspecified atom stereocenters. The molecule has 1 aromatic rings. The molecule has 2 rings (SSSR count). The van der Waals surface area contributed by atoms with E-state index in [-0.39, 0.29) is 0 Å². The number of nitrogens with zero attached hydrogens (tertiary/aromatic N) is 2. The average molecular weight is 300 g/mol. The Bertz CT molecular complexity index is 425. The van der Waals surface area contributed by atoms with Gasteiger partial charge >= 0.3 is 0 Å². The summed E-state index contributed by atoms with van der Waals surface area (Å²) in [5.74, 6) is 2.29. The van der Waals surface area contributed by atoms with E-state index in [1.165, 1.54) is 37.4 Å². The summed E-state index contributed by atoms with van der Waals surface area (Å²) >= 11 is 7.56. The second-order valence-corrected chi connectivity index (χ2v) is 6.67. The molecular weight excluding hydrogens is 278 g/mol. The molecule has 0 radical (unpaired) electrons. The first-order valence-corrected chi connectivity index (χ1v) is 8.55. The summed E-state index contributed by atoms with van der Waals surface area (Å²) in [4.78, 5) is 8.67. The summed E-state index contributed by atoms with van der Waals surface area (Å²) in [6, 6.07) is 2.34. The fourth-order valence-electron chi connectivity index (χ4n) is 2.89. The van der Waals surface area contributed by atoms with Gasteiger partial charge in [0.15, 0.2) is 5.16 Å². The van der Waals surface area contributed by atoms with Gasteiger partial charge in [0.2, 0.25) is 0 Å². The molecule has 1 N–H and O–H groups in total. The summed E-state index contributed by atoms with van der Waals surface area (Å²) in [5.41, 5.74) is 0. The quantitative estimate of drug-likeness (QED) is 0.505. The number of hydrogen-bond acceptors (Lipinski definition) is 4. The normalized spacial score (nSPS) is 23.6. The molecule has 5 heteroatoms. The fourth-order valence-corrected chi connectivity index (χ4v) is 3.50. The third kappa shape index (κ3) is 3.99. The van der Waals surface area contributed by atoms with E-state index >= 15 is 0 Å². The molecule has 0 bridgehead atoms. The number of anilines is 1. The Labute approximate surface area is 124 Å². The van der Waals surface area contributed by atoms with Gasteiger partial charge in [-0.2, -0.15) is 0 Å². The lowest BCUT2D eigenvalue weighted by Gasteiger charge is -2.35. The van der Waals surface area contributed by atoms with Gasteiger partial charge in [-0.15, -0.1) is 0 Å². The standard InChI is InChI=1S/C14H22ClN3S/c1-9(2)10-6-4-5-7-11(10)16-13-8-12(15)17-14(18-13)19-3/h8-11H,4-7H2,1-3H3,(H,16,17,18). The van der Waals surface area contributed by atoms with E-state index in [0.29, 0.717) is 17.1 Å². The zero-order chi connectivity index (χ0) is 13.8. The molecule has 1 fully saturated rings. The second-order valence-electron chi connectivity index (χ2n) is 5.51. The molecule has 1 aromatic heterocycles. The van der Waals surface area contributed by atoms with E-state index in [9.17, 15) is 0 Å². The largest absolute Gasteiger partial charge is 0.367 e. The Morgan fingerprint density at radius 2 is 2.05 bits per heavy atom. The number of hydrogen-bond donors (Lipinski definition) is 1. The van der Waals surface area contributed by atoms with E-state index in [0.717, 1.165) is 16.9 Å². The van der Waals surface area contributed by atoms with Crippen LogP contribution in [0.5, 0.6) is 0 Å². The molecule has 0 aromatic carbocycles. The smallest absolute Gasteiger partial charge is 0.190 e. The lowest BCUT2D eigenvalue weighted by atomic mass is 9.78. The molecule has 2 atom stereocenters. The second kappa shape index (κ2) is 6.80. The topological polar surface area (TPSA) is 37.8 Å². The lowest BCUT2D eigenvalue weighted by Crippen LogP contribution is -2.35. The predicted molar refractivity (Wildman–Crippen MR) is 83.0 cm³/mol. The van der Waals surface area contributed by atoms with Crippen molar-refractivity contribution in [2.45, 2.75) is 50.7 Å². The van der Waals surface area contributed by atoms with Crippen LogP contribution in [-0.4, -0.2) is 22.3 Å². The zero-order valence-electron chi connectivity index (χ0n) is 11.8. The Hall–Kier alpha value is -0.480. The molecule has 1 aliphatic carbocycles. The summed E-state index contributed by atoms with van der Waals surface area (Å²) in [7, 11) is 0. The maximum absolute atomic E-state index is 6.04. The van der Waals surface area contributed by atoms with Crippen LogP contribution in [0.25, 0.3) is 0 Å². The Kier molecular flexibility index (Phi) is 5.34. The van der Waals surface area contributed by atoms with Crippen molar-refractivity contribution in [3.8, 4) is 0 Å². The van der Waals surface area contributed by atoms with Crippen LogP contribution in [0.1, 0.15) is 39.5 Å². The van der Waals surface area contributed by atoms with Crippen LogP contribution in [-0.2, 0) is 0 Å². The number of aromatic nitrogens is 2. The minimum Gasteiger partial charge on any atom is -0.367 e. The van der Waals surface area contributed by atoms with E-state index in [1.54, 1.807) is 0 Å². The Balaban J connectivity index is 2.12. The predicted octanol–water partition coefficient (Wildman–Crippen LogP) is 4.48. The third-order valence-electron chi connectivity index (χ3n) is 3.87. The van der Waals surface area contributed by atoms with Gasteiger partial charge in [0.05, 0.1) is 0 Å². The minimum atomic E-state index is 0.509. The Morgan fingerprint density at radius 3 is 2.74 bits per heavy atom. The summed E-state index contributed by atoms with van der Waals surface area (Å²) in [6.07, 6.45) is 7.15. The SMILES string of the molecule is CSc1nc(Cl)cc(NC2CCCCC2C(C)C)n1. The molecule has 19 heavy (non-hydrogen) atoms. The van der Waals surface area contributed by atoms with Crippen molar-refractivity contribution in [1.82, 2.24) is 9.97 Å². The van der Waals surface area contributed by atoms with Crippen molar-refractivity contribution in [1.29, 1.82) is 0 Å². The highest BCUT2D eigenvalue weighted by Gasteiger charge is 2.27. The highest BCUT2D eigenvalue weighted by molar-refractivity contribution is 7.98. The molecule has 106 valence electrons. The maximum atomic E-state index is 6.04. The maximum Gasteiger partial charge on any atom is 0.190 e. The molecule has 1 heterocycles. The van der Waals surface area contributed by atoms with Crippen LogP contribution >= 0.6 is 23.4 Å². The number of thioether (sulfide) groups is 1. The number of halogens is 1. The van der Waals surface area contributed by atoms with E-state index in [4.69, 9.17) is 11.6 Å². The van der Waals surface area contributed by atoms with Gasteiger partial charge in [0, 0.05) is 12.1 Å². The van der Waals surface area contributed by atoms with Crippen LogP contribution < -0.4 is 5.32 Å². The van der Waals surface area contributed by atoms with Gasteiger partial charge in [0.25, 0.3) is 0 Å².